The van der Waals surface area contributed by atoms with Gasteiger partial charge in [-0.1, -0.05) is 42.8 Å². The van der Waals surface area contributed by atoms with Crippen molar-refractivity contribution in [3.8, 4) is 5.75 Å². The van der Waals surface area contributed by atoms with Crippen molar-refractivity contribution in [1.82, 2.24) is 9.88 Å². The minimum atomic E-state index is -0.794. The van der Waals surface area contributed by atoms with Crippen LogP contribution < -0.4 is 4.74 Å². The van der Waals surface area contributed by atoms with Gasteiger partial charge < -0.3 is 14.7 Å². The SMILES string of the molecule is CCCOc1cccc(C(O)=C2C(=O)C(=O)N(Cc3ccncc3)C2c2cccc(Cl)c2)c1. The first-order chi connectivity index (χ1) is 16.0. The molecule has 33 heavy (non-hydrogen) atoms. The van der Waals surface area contributed by atoms with Crippen molar-refractivity contribution >= 4 is 29.1 Å². The van der Waals surface area contributed by atoms with Crippen LogP contribution in [0, 0.1) is 0 Å². The van der Waals surface area contributed by atoms with Gasteiger partial charge in [-0.05, 0) is 53.9 Å². The number of aromatic nitrogens is 1. The number of likely N-dealkylation sites (tertiary alicyclic amines) is 1. The number of aliphatic hydroxyl groups is 1. The number of hydrogen-bond acceptors (Lipinski definition) is 5. The highest BCUT2D eigenvalue weighted by Gasteiger charge is 2.46. The molecule has 1 aliphatic heterocycles. The Hall–Kier alpha value is -3.64. The van der Waals surface area contributed by atoms with Gasteiger partial charge in [-0.2, -0.15) is 0 Å². The molecule has 0 saturated carbocycles. The molecule has 2 aromatic carbocycles. The lowest BCUT2D eigenvalue weighted by Crippen LogP contribution is -2.29. The maximum Gasteiger partial charge on any atom is 0.295 e. The molecular weight excluding hydrogens is 440 g/mol. The van der Waals surface area contributed by atoms with Crippen molar-refractivity contribution in [2.24, 2.45) is 0 Å². The molecule has 0 radical (unpaired) electrons. The second-order valence-electron chi connectivity index (χ2n) is 7.71. The number of amides is 1. The Morgan fingerprint density at radius 1 is 1.09 bits per heavy atom. The number of carbonyl (C=O) groups excluding carboxylic acids is 2. The Balaban J connectivity index is 1.83. The molecule has 168 valence electrons. The zero-order valence-corrected chi connectivity index (χ0v) is 18.8. The van der Waals surface area contributed by atoms with Crippen molar-refractivity contribution in [2.75, 3.05) is 6.61 Å². The fourth-order valence-electron chi connectivity index (χ4n) is 3.86. The maximum atomic E-state index is 13.2. The van der Waals surface area contributed by atoms with Crippen LogP contribution >= 0.6 is 11.6 Å². The van der Waals surface area contributed by atoms with E-state index in [1.807, 2.05) is 6.92 Å². The summed E-state index contributed by atoms with van der Waals surface area (Å²) in [6, 6.07) is 16.6. The van der Waals surface area contributed by atoms with Crippen LogP contribution in [0.4, 0.5) is 0 Å². The van der Waals surface area contributed by atoms with E-state index in [0.29, 0.717) is 28.5 Å². The number of ketones is 1. The summed E-state index contributed by atoms with van der Waals surface area (Å²) < 4.78 is 5.66. The highest BCUT2D eigenvalue weighted by Crippen LogP contribution is 2.41. The summed E-state index contributed by atoms with van der Waals surface area (Å²) in [6.07, 6.45) is 4.09. The van der Waals surface area contributed by atoms with E-state index < -0.39 is 17.7 Å². The van der Waals surface area contributed by atoms with Gasteiger partial charge in [0.2, 0.25) is 0 Å². The zero-order chi connectivity index (χ0) is 23.4. The van der Waals surface area contributed by atoms with Gasteiger partial charge in [-0.25, -0.2) is 0 Å². The lowest BCUT2D eigenvalue weighted by Gasteiger charge is -2.25. The minimum Gasteiger partial charge on any atom is -0.507 e. The minimum absolute atomic E-state index is 0.0176. The summed E-state index contributed by atoms with van der Waals surface area (Å²) in [5.74, 6) is -1.10. The number of nitrogens with zero attached hydrogens (tertiary/aromatic N) is 2. The molecule has 6 nitrogen and oxygen atoms in total. The van der Waals surface area contributed by atoms with E-state index in [9.17, 15) is 14.7 Å². The van der Waals surface area contributed by atoms with Crippen LogP contribution in [-0.2, 0) is 16.1 Å². The van der Waals surface area contributed by atoms with E-state index in [-0.39, 0.29) is 17.9 Å². The van der Waals surface area contributed by atoms with Crippen LogP contribution in [0.5, 0.6) is 5.75 Å². The van der Waals surface area contributed by atoms with Gasteiger partial charge in [0.1, 0.15) is 11.5 Å². The molecule has 4 rings (SSSR count). The number of Topliss-reactive ketones (excluding diaryl/α,β-unsaturated/α-hetero) is 1. The fourth-order valence-corrected chi connectivity index (χ4v) is 4.06. The predicted octanol–water partition coefficient (Wildman–Crippen LogP) is 5.15. The van der Waals surface area contributed by atoms with Crippen LogP contribution in [0.3, 0.4) is 0 Å². The molecule has 7 heteroatoms. The number of halogens is 1. The summed E-state index contributed by atoms with van der Waals surface area (Å²) >= 11 is 6.23. The maximum absolute atomic E-state index is 13.2. The topological polar surface area (TPSA) is 79.7 Å². The number of ether oxygens (including phenoxy) is 1. The van der Waals surface area contributed by atoms with Crippen LogP contribution in [0.25, 0.3) is 5.76 Å². The largest absolute Gasteiger partial charge is 0.507 e. The van der Waals surface area contributed by atoms with Crippen LogP contribution in [0.2, 0.25) is 5.02 Å². The van der Waals surface area contributed by atoms with Gasteiger partial charge in [0.15, 0.2) is 0 Å². The molecule has 0 spiro atoms. The lowest BCUT2D eigenvalue weighted by atomic mass is 9.95. The van der Waals surface area contributed by atoms with E-state index in [4.69, 9.17) is 16.3 Å². The molecule has 1 N–H and O–H groups in total. The molecule has 3 aromatic rings. The van der Waals surface area contributed by atoms with Crippen LogP contribution in [-0.4, -0.2) is 33.3 Å². The number of pyridine rings is 1. The van der Waals surface area contributed by atoms with Gasteiger partial charge in [0.05, 0.1) is 18.2 Å². The Kier molecular flexibility index (Phi) is 6.75. The molecule has 1 aromatic heterocycles. The molecule has 2 heterocycles. The van der Waals surface area contributed by atoms with E-state index in [0.717, 1.165) is 12.0 Å². The Bertz CT molecular complexity index is 1210. The van der Waals surface area contributed by atoms with Crippen molar-refractivity contribution in [1.29, 1.82) is 0 Å². The fraction of sp³-hybridized carbons (Fsp3) is 0.192. The zero-order valence-electron chi connectivity index (χ0n) is 18.1. The third kappa shape index (κ3) is 4.76. The number of rotatable bonds is 7. The first-order valence-electron chi connectivity index (χ1n) is 10.7. The number of benzene rings is 2. The van der Waals surface area contributed by atoms with Crippen molar-refractivity contribution in [3.63, 3.8) is 0 Å². The van der Waals surface area contributed by atoms with Gasteiger partial charge in [0.25, 0.3) is 11.7 Å². The molecular formula is C26H23ClN2O4. The third-order valence-corrected chi connectivity index (χ3v) is 5.62. The number of carbonyl (C=O) groups is 2. The average Bonchev–Trinajstić information content (AvgIpc) is 3.08. The van der Waals surface area contributed by atoms with Crippen molar-refractivity contribution in [3.05, 3.63) is 100 Å². The lowest BCUT2D eigenvalue weighted by molar-refractivity contribution is -0.140. The summed E-state index contributed by atoms with van der Waals surface area (Å²) in [5.41, 5.74) is 1.87. The smallest absolute Gasteiger partial charge is 0.295 e. The first-order valence-corrected chi connectivity index (χ1v) is 11.0. The van der Waals surface area contributed by atoms with Crippen molar-refractivity contribution < 1.29 is 19.4 Å². The first kappa shape index (κ1) is 22.6. The average molecular weight is 463 g/mol. The molecule has 1 atom stereocenters. The van der Waals surface area contributed by atoms with Crippen LogP contribution in [0.15, 0.2) is 78.6 Å². The predicted molar refractivity (Wildman–Crippen MR) is 126 cm³/mol. The second-order valence-corrected chi connectivity index (χ2v) is 8.15. The molecule has 1 saturated heterocycles. The van der Waals surface area contributed by atoms with E-state index in [2.05, 4.69) is 4.98 Å². The van der Waals surface area contributed by atoms with Gasteiger partial charge in [-0.15, -0.1) is 0 Å². The molecule has 1 fully saturated rings. The van der Waals surface area contributed by atoms with Gasteiger partial charge >= 0.3 is 0 Å². The standard InChI is InChI=1S/C26H23ClN2O4/c1-2-13-33-21-8-4-6-19(15-21)24(30)22-23(18-5-3-7-20(27)14-18)29(26(32)25(22)31)16-17-9-11-28-12-10-17/h3-12,14-15,23,30H,2,13,16H2,1H3. The summed E-state index contributed by atoms with van der Waals surface area (Å²) in [5, 5.41) is 11.7. The highest BCUT2D eigenvalue weighted by atomic mass is 35.5. The molecule has 0 aliphatic carbocycles. The molecule has 1 unspecified atom stereocenters. The second kappa shape index (κ2) is 9.88. The molecule has 0 bridgehead atoms. The summed E-state index contributed by atoms with van der Waals surface area (Å²) in [7, 11) is 0. The number of hydrogen-bond donors (Lipinski definition) is 1. The summed E-state index contributed by atoms with van der Waals surface area (Å²) in [4.78, 5) is 31.7. The van der Waals surface area contributed by atoms with Gasteiger partial charge in [-0.3, -0.25) is 14.6 Å². The Morgan fingerprint density at radius 2 is 1.85 bits per heavy atom. The monoisotopic (exact) mass is 462 g/mol. The summed E-state index contributed by atoms with van der Waals surface area (Å²) in [6.45, 7) is 2.71. The Labute approximate surface area is 197 Å². The van der Waals surface area contributed by atoms with Crippen molar-refractivity contribution in [2.45, 2.75) is 25.9 Å². The van der Waals surface area contributed by atoms with E-state index in [1.165, 1.54) is 4.90 Å². The molecule has 1 amide bonds. The quantitative estimate of drug-likeness (QED) is 0.298. The molecule has 1 aliphatic rings. The van der Waals surface area contributed by atoms with Gasteiger partial charge in [0, 0.05) is 29.5 Å². The van der Waals surface area contributed by atoms with Crippen LogP contribution in [0.1, 0.15) is 36.1 Å². The van der Waals surface area contributed by atoms with E-state index in [1.54, 1.807) is 73.1 Å². The Morgan fingerprint density at radius 3 is 2.58 bits per heavy atom. The normalized spacial score (nSPS) is 17.4. The van der Waals surface area contributed by atoms with E-state index >= 15 is 0 Å². The highest BCUT2D eigenvalue weighted by molar-refractivity contribution is 6.46. The number of aliphatic hydroxyl groups excluding tert-OH is 1. The third-order valence-electron chi connectivity index (χ3n) is 5.39.